The minimum atomic E-state index is -1.81. The van der Waals surface area contributed by atoms with E-state index >= 15 is 0 Å². The first-order valence-electron chi connectivity index (χ1n) is 13.7. The van der Waals surface area contributed by atoms with Crippen LogP contribution in [0, 0.1) is 0 Å². The predicted octanol–water partition coefficient (Wildman–Crippen LogP) is 5.90. The van der Waals surface area contributed by atoms with Gasteiger partial charge in [-0.2, -0.15) is 0 Å². The van der Waals surface area contributed by atoms with Gasteiger partial charge in [0, 0.05) is 19.1 Å². The van der Waals surface area contributed by atoms with Gasteiger partial charge in [-0.25, -0.2) is 4.98 Å². The first-order valence-corrected chi connectivity index (χ1v) is 16.6. The number of ether oxygens (including phenoxy) is 1. The maximum atomic E-state index is 11.6. The van der Waals surface area contributed by atoms with Crippen molar-refractivity contribution in [2.45, 2.75) is 129 Å². The average Bonchev–Trinajstić information content (AvgIpc) is 3.24. The Labute approximate surface area is 223 Å². The van der Waals surface area contributed by atoms with Crippen LogP contribution in [0.5, 0.6) is 0 Å². The van der Waals surface area contributed by atoms with Crippen LogP contribution in [0.4, 0.5) is 0 Å². The van der Waals surface area contributed by atoms with Gasteiger partial charge in [-0.05, 0) is 89.1 Å². The van der Waals surface area contributed by atoms with Crippen LogP contribution in [0.25, 0.3) is 11.0 Å². The highest BCUT2D eigenvalue weighted by atomic mass is 28.4. The van der Waals surface area contributed by atoms with E-state index in [1.165, 1.54) is 6.92 Å². The summed E-state index contributed by atoms with van der Waals surface area (Å²) in [6.45, 7) is 21.4. The number of hydrogen-bond donors (Lipinski definition) is 0. The third kappa shape index (κ3) is 5.70. The van der Waals surface area contributed by atoms with Gasteiger partial charge < -0.3 is 23.0 Å². The fraction of sp³-hybridized carbons (Fsp3) is 0.714. The zero-order chi connectivity index (χ0) is 27.4. The summed E-state index contributed by atoms with van der Waals surface area (Å²) >= 11 is 0. The Bertz CT molecular complexity index is 1130. The maximum absolute atomic E-state index is 11.6. The minimum Gasteiger partial charge on any atom is -0.458 e. The number of benzene rings is 1. The van der Waals surface area contributed by atoms with Gasteiger partial charge in [0.25, 0.3) is 0 Å². The quantitative estimate of drug-likeness (QED) is 0.343. The van der Waals surface area contributed by atoms with Crippen LogP contribution >= 0.6 is 0 Å². The number of aromatic nitrogens is 2. The van der Waals surface area contributed by atoms with Crippen LogP contribution in [0.1, 0.15) is 92.9 Å². The molecule has 9 heteroatoms. The summed E-state index contributed by atoms with van der Waals surface area (Å²) in [7, 11) is -2.25. The van der Waals surface area contributed by atoms with Crippen molar-refractivity contribution >= 4 is 37.9 Å². The van der Waals surface area contributed by atoms with Gasteiger partial charge >= 0.3 is 13.1 Å². The Morgan fingerprint density at radius 1 is 1.11 bits per heavy atom. The molecule has 2 aromatic rings. The summed E-state index contributed by atoms with van der Waals surface area (Å²) in [4.78, 5) is 16.5. The number of esters is 1. The molecule has 1 saturated carbocycles. The molecule has 2 fully saturated rings. The van der Waals surface area contributed by atoms with Crippen LogP contribution in [0.2, 0.25) is 18.1 Å². The van der Waals surface area contributed by atoms with Gasteiger partial charge in [0.15, 0.2) is 8.32 Å². The predicted molar refractivity (Wildman–Crippen MR) is 150 cm³/mol. The molecule has 0 atom stereocenters. The largest absolute Gasteiger partial charge is 0.494 e. The summed E-state index contributed by atoms with van der Waals surface area (Å²) < 4.78 is 27.1. The molecule has 1 aromatic heterocycles. The van der Waals surface area contributed by atoms with Crippen molar-refractivity contribution in [1.29, 1.82) is 0 Å². The van der Waals surface area contributed by atoms with Crippen LogP contribution in [0.15, 0.2) is 18.2 Å². The molecule has 7 nitrogen and oxygen atoms in total. The van der Waals surface area contributed by atoms with E-state index in [4.69, 9.17) is 23.5 Å². The van der Waals surface area contributed by atoms with Crippen LogP contribution < -0.4 is 5.46 Å². The molecular weight excluding hydrogens is 483 g/mol. The monoisotopic (exact) mass is 528 g/mol. The van der Waals surface area contributed by atoms with Gasteiger partial charge in [0.1, 0.15) is 12.4 Å². The molecule has 37 heavy (non-hydrogen) atoms. The zero-order valence-electron chi connectivity index (χ0n) is 24.4. The van der Waals surface area contributed by atoms with Crippen molar-refractivity contribution in [1.82, 2.24) is 9.55 Å². The summed E-state index contributed by atoms with van der Waals surface area (Å²) in [5.41, 5.74) is 2.08. The van der Waals surface area contributed by atoms with E-state index < -0.39 is 26.6 Å². The summed E-state index contributed by atoms with van der Waals surface area (Å²) in [5, 5.41) is 0.200. The van der Waals surface area contributed by atoms with Crippen LogP contribution in [0.3, 0.4) is 0 Å². The first kappa shape index (κ1) is 28.3. The molecule has 0 unspecified atom stereocenters. The Morgan fingerprint density at radius 3 is 2.24 bits per heavy atom. The van der Waals surface area contributed by atoms with E-state index in [-0.39, 0.29) is 23.7 Å². The van der Waals surface area contributed by atoms with E-state index in [0.29, 0.717) is 6.10 Å². The Kier molecular flexibility index (Phi) is 7.51. The highest BCUT2D eigenvalue weighted by Crippen LogP contribution is 2.41. The lowest BCUT2D eigenvalue weighted by molar-refractivity contribution is -0.142. The molecule has 0 radical (unpaired) electrons. The lowest BCUT2D eigenvalue weighted by Crippen LogP contribution is -2.44. The SMILES string of the molecule is CC(=O)OCc1nc2ccc(B3OC(C)(C)C(C)(C)O3)cc2n1[C@H]1CC[C@H](O[Si](C)(C)C(C)(C)C)CC1. The Hall–Kier alpha value is -1.68. The van der Waals surface area contributed by atoms with Crippen molar-refractivity contribution in [2.24, 2.45) is 0 Å². The fourth-order valence-electron chi connectivity index (χ4n) is 4.98. The molecule has 2 aliphatic rings. The number of imidazole rings is 1. The number of carbonyl (C=O) groups is 1. The molecule has 204 valence electrons. The van der Waals surface area contributed by atoms with Crippen molar-refractivity contribution in [2.75, 3.05) is 0 Å². The Balaban J connectivity index is 1.62. The smallest absolute Gasteiger partial charge is 0.458 e. The average molecular weight is 529 g/mol. The molecule has 1 aromatic carbocycles. The molecule has 0 N–H and O–H groups in total. The van der Waals surface area contributed by atoms with Crippen LogP contribution in [-0.2, 0) is 29.9 Å². The fourth-order valence-corrected chi connectivity index (χ4v) is 6.40. The normalized spacial score (nSPS) is 24.0. The zero-order valence-corrected chi connectivity index (χ0v) is 25.4. The number of nitrogens with zero attached hydrogens (tertiary/aromatic N) is 2. The lowest BCUT2D eigenvalue weighted by atomic mass is 9.79. The number of rotatable bonds is 6. The van der Waals surface area contributed by atoms with Crippen molar-refractivity contribution in [3.63, 3.8) is 0 Å². The van der Waals surface area contributed by atoms with Gasteiger partial charge in [0.05, 0.1) is 22.2 Å². The van der Waals surface area contributed by atoms with E-state index in [9.17, 15) is 4.79 Å². The molecule has 1 aliphatic carbocycles. The number of carbonyl (C=O) groups excluding carboxylic acids is 1. The van der Waals surface area contributed by atoms with Gasteiger partial charge in [-0.1, -0.05) is 26.8 Å². The summed E-state index contributed by atoms with van der Waals surface area (Å²) in [6.07, 6.45) is 4.32. The number of fused-ring (bicyclic) bond motifs is 1. The second-order valence-electron chi connectivity index (χ2n) is 13.3. The number of hydrogen-bond acceptors (Lipinski definition) is 6. The van der Waals surface area contributed by atoms with Gasteiger partial charge in [-0.15, -0.1) is 0 Å². The topological polar surface area (TPSA) is 71.8 Å². The molecule has 1 aliphatic heterocycles. The van der Waals surface area contributed by atoms with Crippen molar-refractivity contribution in [3.05, 3.63) is 24.0 Å². The molecule has 0 amide bonds. The molecular formula is C28H45BN2O5Si. The summed E-state index contributed by atoms with van der Waals surface area (Å²) in [5.74, 6) is 0.480. The molecule has 0 bridgehead atoms. The second-order valence-corrected chi connectivity index (χ2v) is 18.1. The highest BCUT2D eigenvalue weighted by Gasteiger charge is 2.51. The molecule has 0 spiro atoms. The van der Waals surface area contributed by atoms with E-state index in [1.54, 1.807) is 0 Å². The van der Waals surface area contributed by atoms with E-state index in [2.05, 4.69) is 72.2 Å². The van der Waals surface area contributed by atoms with Crippen molar-refractivity contribution < 1.29 is 23.3 Å². The van der Waals surface area contributed by atoms with Crippen molar-refractivity contribution in [3.8, 4) is 0 Å². The molecule has 2 heterocycles. The van der Waals surface area contributed by atoms with Gasteiger partial charge in [-0.3, -0.25) is 4.79 Å². The standard InChI is InChI=1S/C28H45BN2O5Si/c1-19(32)33-18-25-30-23-16-11-20(29-35-27(5,6)28(7,8)36-29)17-24(23)31(25)21-12-14-22(15-13-21)34-37(9,10)26(2,3)4/h11,16-17,21-22H,12-15,18H2,1-10H3/t21-,22-. The minimum absolute atomic E-state index is 0.163. The second kappa shape index (κ2) is 9.81. The highest BCUT2D eigenvalue weighted by molar-refractivity contribution is 6.74. The molecule has 1 saturated heterocycles. The third-order valence-corrected chi connectivity index (χ3v) is 13.5. The third-order valence-electron chi connectivity index (χ3n) is 8.99. The van der Waals surface area contributed by atoms with E-state index in [1.807, 2.05) is 12.1 Å². The van der Waals surface area contributed by atoms with Gasteiger partial charge in [0.2, 0.25) is 0 Å². The van der Waals surface area contributed by atoms with Crippen LogP contribution in [-0.4, -0.2) is 48.3 Å². The molecule has 4 rings (SSSR count). The summed E-state index contributed by atoms with van der Waals surface area (Å²) in [6, 6.07) is 6.46. The van der Waals surface area contributed by atoms with E-state index in [0.717, 1.165) is 48.0 Å². The first-order chi connectivity index (χ1) is 17.0. The lowest BCUT2D eigenvalue weighted by Gasteiger charge is -2.41. The Morgan fingerprint density at radius 2 is 1.70 bits per heavy atom. The maximum Gasteiger partial charge on any atom is 0.494 e.